The van der Waals surface area contributed by atoms with E-state index in [1.54, 1.807) is 17.0 Å². The maximum Gasteiger partial charge on any atom is 0.243 e. The van der Waals surface area contributed by atoms with Gasteiger partial charge in [0.05, 0.1) is 37.3 Å². The number of carbonyl (C=O) groups is 7. The Morgan fingerprint density at radius 3 is 2.07 bits per heavy atom. The molecule has 0 aliphatic carbocycles. The van der Waals surface area contributed by atoms with E-state index in [1.165, 1.54) is 0 Å². The summed E-state index contributed by atoms with van der Waals surface area (Å²) in [5.74, 6) is -4.59. The van der Waals surface area contributed by atoms with Crippen LogP contribution in [0.25, 0.3) is 0 Å². The molecule has 6 amide bonds. The van der Waals surface area contributed by atoms with E-state index in [1.807, 2.05) is 59.7 Å². The van der Waals surface area contributed by atoms with Crippen LogP contribution in [-0.2, 0) is 40.0 Å². The van der Waals surface area contributed by atoms with E-state index in [2.05, 4.69) is 26.6 Å². The van der Waals surface area contributed by atoms with Crippen LogP contribution in [0.5, 0.6) is 0 Å². The first-order valence-corrected chi connectivity index (χ1v) is 19.5. The lowest BCUT2D eigenvalue weighted by Crippen LogP contribution is -2.60. The van der Waals surface area contributed by atoms with Crippen LogP contribution < -0.4 is 38.1 Å². The van der Waals surface area contributed by atoms with Gasteiger partial charge in [0.2, 0.25) is 35.4 Å². The molecule has 17 nitrogen and oxygen atoms in total. The smallest absolute Gasteiger partial charge is 0.243 e. The van der Waals surface area contributed by atoms with Crippen LogP contribution in [0.1, 0.15) is 79.2 Å². The molecule has 314 valence electrons. The summed E-state index contributed by atoms with van der Waals surface area (Å²) < 4.78 is 0. The van der Waals surface area contributed by atoms with Crippen LogP contribution >= 0.6 is 0 Å². The van der Waals surface area contributed by atoms with Crippen molar-refractivity contribution < 1.29 is 43.8 Å². The topological polar surface area (TPSA) is 275 Å². The zero-order chi connectivity index (χ0) is 42.1. The summed E-state index contributed by atoms with van der Waals surface area (Å²) in [5, 5.41) is 34.4. The quantitative estimate of drug-likeness (QED) is 0.0551. The zero-order valence-electron chi connectivity index (χ0n) is 33.5. The minimum atomic E-state index is -1.48. The maximum absolute atomic E-state index is 13.8. The summed E-state index contributed by atoms with van der Waals surface area (Å²) in [6.07, 6.45) is 0.800. The second kappa shape index (κ2) is 23.6. The summed E-state index contributed by atoms with van der Waals surface area (Å²) in [4.78, 5) is 92.3. The van der Waals surface area contributed by atoms with E-state index in [0.717, 1.165) is 5.56 Å². The number of likely N-dealkylation sites (tertiary alicyclic amines) is 1. The summed E-state index contributed by atoms with van der Waals surface area (Å²) in [7, 11) is 0. The number of nitrogens with two attached hydrogens (primary N) is 2. The fourth-order valence-electron chi connectivity index (χ4n) is 6.45. The van der Waals surface area contributed by atoms with Gasteiger partial charge in [0.15, 0.2) is 0 Å². The molecule has 56 heavy (non-hydrogen) atoms. The van der Waals surface area contributed by atoms with E-state index in [4.69, 9.17) is 11.5 Å². The average Bonchev–Trinajstić information content (AvgIpc) is 3.62. The normalized spacial score (nSPS) is 18.7. The van der Waals surface area contributed by atoms with Gasteiger partial charge in [-0.25, -0.2) is 0 Å². The Labute approximate surface area is 329 Å². The number of rotatable bonds is 24. The number of nitrogens with one attached hydrogen (secondary N) is 5. The molecular formula is C39H64N8O9. The predicted molar refractivity (Wildman–Crippen MR) is 209 cm³/mol. The van der Waals surface area contributed by atoms with Crippen molar-refractivity contribution >= 4 is 41.7 Å². The number of hydrogen-bond acceptors (Lipinski definition) is 11. The number of aldehydes is 1. The summed E-state index contributed by atoms with van der Waals surface area (Å²) in [6.45, 7) is 10.7. The lowest BCUT2D eigenvalue weighted by Gasteiger charge is -2.33. The second-order valence-corrected chi connectivity index (χ2v) is 15.5. The number of benzene rings is 1. The Bertz CT molecular complexity index is 1460. The van der Waals surface area contributed by atoms with Crippen LogP contribution in [0, 0.1) is 17.8 Å². The fourth-order valence-corrected chi connectivity index (χ4v) is 6.45. The molecule has 0 aromatic heterocycles. The third-order valence-corrected chi connectivity index (χ3v) is 10.1. The van der Waals surface area contributed by atoms with Crippen LogP contribution in [0.2, 0.25) is 0 Å². The van der Waals surface area contributed by atoms with Gasteiger partial charge in [-0.1, -0.05) is 78.3 Å². The molecule has 1 aliphatic heterocycles. The van der Waals surface area contributed by atoms with Gasteiger partial charge in [0, 0.05) is 6.54 Å². The number of aliphatic hydroxyl groups is 2. The van der Waals surface area contributed by atoms with Crippen molar-refractivity contribution in [3.8, 4) is 0 Å². The highest BCUT2D eigenvalue weighted by Gasteiger charge is 2.38. The van der Waals surface area contributed by atoms with Crippen LogP contribution in [0.3, 0.4) is 0 Å². The lowest BCUT2D eigenvalue weighted by molar-refractivity contribution is -0.135. The number of aliphatic hydroxyl groups excluding tert-OH is 2. The third kappa shape index (κ3) is 15.2. The minimum absolute atomic E-state index is 0.0446. The molecule has 1 aromatic carbocycles. The van der Waals surface area contributed by atoms with Crippen LogP contribution in [0.4, 0.5) is 0 Å². The van der Waals surface area contributed by atoms with E-state index in [0.29, 0.717) is 32.1 Å². The monoisotopic (exact) mass is 788 g/mol. The molecule has 1 unspecified atom stereocenters. The molecule has 1 saturated heterocycles. The number of nitrogens with zero attached hydrogens (tertiary/aromatic N) is 1. The third-order valence-electron chi connectivity index (χ3n) is 10.1. The minimum Gasteiger partial charge on any atom is -0.394 e. The molecule has 17 heteroatoms. The molecule has 1 aliphatic rings. The van der Waals surface area contributed by atoms with Crippen molar-refractivity contribution in [3.05, 3.63) is 35.9 Å². The SMILES string of the molecule is CC[C@H](C)[C@H](NC(=O)[C@@H]1CCCN1CC(O)[C@H](Cc1ccccc1)NC(=O)[C@H](CC(N)=O)NC(=O)[C@H](CC(C)C)NC(=O)[C@@H](N)CO)C(=O)N[C@H](C=O)C(C)C. The Kier molecular flexibility index (Phi) is 20.1. The van der Waals surface area contributed by atoms with E-state index in [-0.39, 0.29) is 37.1 Å². The van der Waals surface area contributed by atoms with Gasteiger partial charge < -0.3 is 53.1 Å². The first-order chi connectivity index (χ1) is 26.4. The van der Waals surface area contributed by atoms with Crippen molar-refractivity contribution in [2.75, 3.05) is 19.7 Å². The molecule has 11 N–H and O–H groups in total. The number of amides is 6. The Morgan fingerprint density at radius 1 is 0.893 bits per heavy atom. The van der Waals surface area contributed by atoms with E-state index < -0.39 is 96.9 Å². The van der Waals surface area contributed by atoms with Crippen molar-refractivity contribution in [1.29, 1.82) is 0 Å². The Hall–Kier alpha value is -4.45. The molecule has 0 bridgehead atoms. The molecule has 1 fully saturated rings. The first kappa shape index (κ1) is 47.7. The Balaban J connectivity index is 2.31. The highest BCUT2D eigenvalue weighted by atomic mass is 16.3. The molecule has 9 atom stereocenters. The van der Waals surface area contributed by atoms with Gasteiger partial charge in [-0.2, -0.15) is 0 Å². The molecule has 0 saturated carbocycles. The van der Waals surface area contributed by atoms with Crippen molar-refractivity contribution in [3.63, 3.8) is 0 Å². The Morgan fingerprint density at radius 2 is 1.52 bits per heavy atom. The van der Waals surface area contributed by atoms with Gasteiger partial charge in [-0.05, 0) is 55.5 Å². The van der Waals surface area contributed by atoms with Gasteiger partial charge in [0.25, 0.3) is 0 Å². The molecule has 2 rings (SSSR count). The molecule has 1 heterocycles. The van der Waals surface area contributed by atoms with Crippen molar-refractivity contribution in [2.24, 2.45) is 29.2 Å². The molecule has 1 aromatic rings. The summed E-state index contributed by atoms with van der Waals surface area (Å²) in [6, 6.07) is 1.84. The fraction of sp³-hybridized carbons (Fsp3) is 0.667. The zero-order valence-corrected chi connectivity index (χ0v) is 33.5. The van der Waals surface area contributed by atoms with Gasteiger partial charge >= 0.3 is 0 Å². The number of hydrogen-bond donors (Lipinski definition) is 9. The van der Waals surface area contributed by atoms with Crippen molar-refractivity contribution in [1.82, 2.24) is 31.5 Å². The number of β-amino-alcohol motifs (C(OH)–C–C–N with tert-alkyl or cyclic N) is 1. The molecular weight excluding hydrogens is 724 g/mol. The van der Waals surface area contributed by atoms with Gasteiger partial charge in [0.1, 0.15) is 30.5 Å². The van der Waals surface area contributed by atoms with Gasteiger partial charge in [-0.15, -0.1) is 0 Å². The lowest BCUT2D eigenvalue weighted by atomic mass is 9.96. The van der Waals surface area contributed by atoms with Gasteiger partial charge in [-0.3, -0.25) is 33.7 Å². The summed E-state index contributed by atoms with van der Waals surface area (Å²) >= 11 is 0. The largest absolute Gasteiger partial charge is 0.394 e. The highest BCUT2D eigenvalue weighted by molar-refractivity contribution is 5.95. The first-order valence-electron chi connectivity index (χ1n) is 19.5. The second-order valence-electron chi connectivity index (χ2n) is 15.5. The predicted octanol–water partition coefficient (Wildman–Crippen LogP) is -1.38. The molecule has 0 radical (unpaired) electrons. The van der Waals surface area contributed by atoms with E-state index in [9.17, 15) is 43.8 Å². The number of carbonyl (C=O) groups excluding carboxylic acids is 7. The van der Waals surface area contributed by atoms with Crippen molar-refractivity contribution in [2.45, 2.75) is 128 Å². The number of primary amides is 1. The standard InChI is InChI=1S/C39H64N8O9/c1-7-24(6)34(39(56)45-30(21-49)23(4)5)46-38(55)31-14-11-15-47(31)19-32(50)27(17-25-12-9-8-10-13-25)42-37(54)29(18-33(41)51)44-36(53)28(16-22(2)3)43-35(52)26(40)20-48/h8-10,12-13,21-24,26-32,34,48,50H,7,11,14-20,40H2,1-6H3,(H2,41,51)(H,42,54)(H,43,52)(H,44,53)(H,45,56)(H,46,55)/t24-,26-,27-,28-,29-,30+,31-,32?,34-/m0/s1. The van der Waals surface area contributed by atoms with E-state index >= 15 is 0 Å². The van der Waals surface area contributed by atoms with Crippen LogP contribution in [0.15, 0.2) is 30.3 Å². The highest BCUT2D eigenvalue weighted by Crippen LogP contribution is 2.21. The summed E-state index contributed by atoms with van der Waals surface area (Å²) in [5.41, 5.74) is 11.9. The molecule has 0 spiro atoms. The van der Waals surface area contributed by atoms with Crippen LogP contribution in [-0.4, -0.2) is 125 Å². The average molecular weight is 789 g/mol. The maximum atomic E-state index is 13.8.